The molecule has 1 aromatic carbocycles. The Labute approximate surface area is 172 Å². The molecule has 0 saturated heterocycles. The first kappa shape index (κ1) is 22.4. The molecule has 1 amide bonds. The summed E-state index contributed by atoms with van der Waals surface area (Å²) in [6.07, 6.45) is 12.9. The number of carbonyl (C=O) groups is 1. The first-order valence-electron chi connectivity index (χ1n) is 11.1. The van der Waals surface area contributed by atoms with E-state index in [0.717, 1.165) is 64.7 Å². The van der Waals surface area contributed by atoms with Crippen molar-refractivity contribution in [3.05, 3.63) is 53.6 Å². The van der Waals surface area contributed by atoms with Gasteiger partial charge in [-0.25, -0.2) is 0 Å². The van der Waals surface area contributed by atoms with Crippen LogP contribution in [0.3, 0.4) is 0 Å². The van der Waals surface area contributed by atoms with Crippen molar-refractivity contribution in [3.63, 3.8) is 0 Å². The van der Waals surface area contributed by atoms with E-state index in [4.69, 9.17) is 0 Å². The summed E-state index contributed by atoms with van der Waals surface area (Å²) in [4.78, 5) is 18.0. The predicted octanol–water partition coefficient (Wildman–Crippen LogP) is 5.54. The highest BCUT2D eigenvalue weighted by Gasteiger charge is 2.29. The van der Waals surface area contributed by atoms with Crippen molar-refractivity contribution in [3.8, 4) is 0 Å². The van der Waals surface area contributed by atoms with Crippen LogP contribution in [0.4, 0.5) is 0 Å². The Balaban J connectivity index is 2.13. The Morgan fingerprint density at radius 2 is 1.82 bits per heavy atom. The van der Waals surface area contributed by atoms with Gasteiger partial charge in [-0.1, -0.05) is 80.8 Å². The average Bonchev–Trinajstić information content (AvgIpc) is 2.72. The van der Waals surface area contributed by atoms with Gasteiger partial charge in [0.15, 0.2) is 0 Å². The molecular weight excluding hydrogens is 344 g/mol. The van der Waals surface area contributed by atoms with Crippen LogP contribution in [-0.2, 0) is 4.79 Å². The summed E-state index contributed by atoms with van der Waals surface area (Å²) in [5, 5.41) is 0. The normalized spacial score (nSPS) is 16.2. The summed E-state index contributed by atoms with van der Waals surface area (Å²) >= 11 is 0. The van der Waals surface area contributed by atoms with E-state index in [2.05, 4.69) is 73.1 Å². The van der Waals surface area contributed by atoms with Crippen LogP contribution in [-0.4, -0.2) is 47.9 Å². The maximum atomic E-state index is 13.5. The van der Waals surface area contributed by atoms with Gasteiger partial charge >= 0.3 is 0 Å². The Morgan fingerprint density at radius 3 is 2.43 bits per heavy atom. The molecular formula is C25H38N2O. The van der Waals surface area contributed by atoms with Crippen molar-refractivity contribution in [1.29, 1.82) is 0 Å². The van der Waals surface area contributed by atoms with E-state index in [1.807, 2.05) is 6.07 Å². The zero-order chi connectivity index (χ0) is 20.2. The topological polar surface area (TPSA) is 23.6 Å². The van der Waals surface area contributed by atoms with Gasteiger partial charge in [-0.15, -0.1) is 0 Å². The molecule has 0 bridgehead atoms. The van der Waals surface area contributed by atoms with Gasteiger partial charge in [0.1, 0.15) is 0 Å². The van der Waals surface area contributed by atoms with Crippen LogP contribution in [0.2, 0.25) is 0 Å². The second-order valence-corrected chi connectivity index (χ2v) is 7.91. The number of hydrogen-bond donors (Lipinski definition) is 0. The minimum absolute atomic E-state index is 0.0580. The number of rotatable bonds is 11. The number of benzene rings is 1. The SMILES string of the molecule is CCCCN(CCCC)C(=O)[C@@H](C/C=C/c1ccccc1)N1CCC=C(C)C1. The second-order valence-electron chi connectivity index (χ2n) is 7.91. The quantitative estimate of drug-likeness (QED) is 0.469. The highest BCUT2D eigenvalue weighted by atomic mass is 16.2. The molecule has 1 aromatic rings. The van der Waals surface area contributed by atoms with Crippen molar-refractivity contribution in [2.45, 2.75) is 65.3 Å². The second kappa shape index (κ2) is 12.6. The third-order valence-electron chi connectivity index (χ3n) is 5.43. The first-order chi connectivity index (χ1) is 13.7. The molecule has 3 heteroatoms. The molecule has 28 heavy (non-hydrogen) atoms. The summed E-state index contributed by atoms with van der Waals surface area (Å²) in [6.45, 7) is 10.2. The molecule has 0 spiro atoms. The molecule has 1 heterocycles. The lowest BCUT2D eigenvalue weighted by atomic mass is 10.0. The predicted molar refractivity (Wildman–Crippen MR) is 120 cm³/mol. The van der Waals surface area contributed by atoms with Gasteiger partial charge in [-0.05, 0) is 38.2 Å². The Bertz CT molecular complexity index is 627. The van der Waals surface area contributed by atoms with Gasteiger partial charge in [0, 0.05) is 26.2 Å². The highest BCUT2D eigenvalue weighted by molar-refractivity contribution is 5.82. The molecule has 1 atom stereocenters. The van der Waals surface area contributed by atoms with E-state index in [-0.39, 0.29) is 6.04 Å². The smallest absolute Gasteiger partial charge is 0.240 e. The van der Waals surface area contributed by atoms with Gasteiger partial charge in [0.25, 0.3) is 0 Å². The number of nitrogens with zero attached hydrogens (tertiary/aromatic N) is 2. The maximum absolute atomic E-state index is 13.5. The van der Waals surface area contributed by atoms with Gasteiger partial charge in [0.05, 0.1) is 6.04 Å². The van der Waals surface area contributed by atoms with Crippen LogP contribution in [0, 0.1) is 0 Å². The minimum Gasteiger partial charge on any atom is -0.341 e. The molecule has 3 nitrogen and oxygen atoms in total. The third-order valence-corrected chi connectivity index (χ3v) is 5.43. The standard InChI is InChI=1S/C25H38N2O/c1-4-6-18-26(19-7-5-2)25(28)24(27-20-12-13-22(3)21-27)17-11-16-23-14-9-8-10-15-23/h8-11,13-16,24H,4-7,12,17-21H2,1-3H3/b16-11+/t24-/m1/s1. The lowest BCUT2D eigenvalue weighted by Gasteiger charge is -2.36. The van der Waals surface area contributed by atoms with Crippen LogP contribution in [0.25, 0.3) is 6.08 Å². The first-order valence-corrected chi connectivity index (χ1v) is 11.1. The highest BCUT2D eigenvalue weighted by Crippen LogP contribution is 2.18. The van der Waals surface area contributed by atoms with Crippen molar-refractivity contribution >= 4 is 12.0 Å². The molecule has 0 radical (unpaired) electrons. The molecule has 154 valence electrons. The summed E-state index contributed by atoms with van der Waals surface area (Å²) in [6, 6.07) is 10.3. The van der Waals surface area contributed by atoms with E-state index < -0.39 is 0 Å². The molecule has 0 aromatic heterocycles. The third kappa shape index (κ3) is 7.27. The monoisotopic (exact) mass is 382 g/mol. The molecule has 2 rings (SSSR count). The number of amides is 1. The molecule has 1 aliphatic rings. The van der Waals surface area contributed by atoms with Crippen molar-refractivity contribution in [2.24, 2.45) is 0 Å². The van der Waals surface area contributed by atoms with E-state index >= 15 is 0 Å². The van der Waals surface area contributed by atoms with Crippen molar-refractivity contribution in [1.82, 2.24) is 9.80 Å². The van der Waals surface area contributed by atoms with Crippen LogP contribution in [0.5, 0.6) is 0 Å². The Hall–Kier alpha value is -1.87. The van der Waals surface area contributed by atoms with Gasteiger partial charge in [-0.3, -0.25) is 9.69 Å². The number of carbonyl (C=O) groups excluding carboxylic acids is 1. The van der Waals surface area contributed by atoms with Crippen molar-refractivity contribution < 1.29 is 4.79 Å². The Morgan fingerprint density at radius 1 is 1.14 bits per heavy atom. The molecule has 0 N–H and O–H groups in total. The summed E-state index contributed by atoms with van der Waals surface area (Å²) in [7, 11) is 0. The van der Waals surface area contributed by atoms with E-state index in [1.54, 1.807) is 0 Å². The van der Waals surface area contributed by atoms with E-state index in [0.29, 0.717) is 5.91 Å². The van der Waals surface area contributed by atoms with Crippen LogP contribution < -0.4 is 0 Å². The molecule has 0 aliphatic carbocycles. The molecule has 0 fully saturated rings. The lowest BCUT2D eigenvalue weighted by molar-refractivity contribution is -0.137. The van der Waals surface area contributed by atoms with E-state index in [9.17, 15) is 4.79 Å². The summed E-state index contributed by atoms with van der Waals surface area (Å²) in [5.74, 6) is 0.314. The zero-order valence-corrected chi connectivity index (χ0v) is 18.1. The average molecular weight is 383 g/mol. The maximum Gasteiger partial charge on any atom is 0.240 e. The van der Waals surface area contributed by atoms with Crippen LogP contribution in [0.15, 0.2) is 48.1 Å². The van der Waals surface area contributed by atoms with E-state index in [1.165, 1.54) is 11.1 Å². The number of hydrogen-bond acceptors (Lipinski definition) is 2. The largest absolute Gasteiger partial charge is 0.341 e. The molecule has 0 unspecified atom stereocenters. The molecule has 1 aliphatic heterocycles. The number of unbranched alkanes of at least 4 members (excludes halogenated alkanes) is 2. The fraction of sp³-hybridized carbons (Fsp3) is 0.560. The van der Waals surface area contributed by atoms with Gasteiger partial charge < -0.3 is 4.90 Å². The van der Waals surface area contributed by atoms with Gasteiger partial charge in [-0.2, -0.15) is 0 Å². The molecule has 0 saturated carbocycles. The van der Waals surface area contributed by atoms with Crippen LogP contribution in [0.1, 0.15) is 64.9 Å². The van der Waals surface area contributed by atoms with Gasteiger partial charge in [0.2, 0.25) is 5.91 Å². The lowest BCUT2D eigenvalue weighted by Crippen LogP contribution is -2.50. The zero-order valence-electron chi connectivity index (χ0n) is 18.1. The van der Waals surface area contributed by atoms with Crippen molar-refractivity contribution in [2.75, 3.05) is 26.2 Å². The van der Waals surface area contributed by atoms with Crippen LogP contribution >= 0.6 is 0 Å². The fourth-order valence-corrected chi connectivity index (χ4v) is 3.75. The minimum atomic E-state index is -0.0580. The fourth-order valence-electron chi connectivity index (χ4n) is 3.75. The summed E-state index contributed by atoms with van der Waals surface area (Å²) in [5.41, 5.74) is 2.57. The Kier molecular flexibility index (Phi) is 10.1. The summed E-state index contributed by atoms with van der Waals surface area (Å²) < 4.78 is 0.